The molecule has 3 nitrogen and oxygen atoms in total. The van der Waals surface area contributed by atoms with Gasteiger partial charge >= 0.3 is 0 Å². The summed E-state index contributed by atoms with van der Waals surface area (Å²) in [5.74, 6) is 1.11. The van der Waals surface area contributed by atoms with Gasteiger partial charge in [0.05, 0.1) is 0 Å². The van der Waals surface area contributed by atoms with Gasteiger partial charge in [-0.15, -0.1) is 0 Å². The second-order valence-corrected chi connectivity index (χ2v) is 4.65. The van der Waals surface area contributed by atoms with E-state index in [-0.39, 0.29) is 5.75 Å². The van der Waals surface area contributed by atoms with E-state index in [0.29, 0.717) is 6.61 Å². The molecule has 3 rings (SSSR count). The number of fused-ring (bicyclic) bond motifs is 1. The molecule has 1 aromatic heterocycles. The molecule has 19 heavy (non-hydrogen) atoms. The molecule has 0 aliphatic rings. The number of aryl methyl sites for hydroxylation is 1. The number of phenolic OH excluding ortho intramolecular Hbond substituents is 1. The number of benzene rings is 2. The Balaban J connectivity index is 1.81. The Bertz CT molecular complexity index is 698. The Hall–Kier alpha value is -2.42. The van der Waals surface area contributed by atoms with Crippen molar-refractivity contribution in [1.82, 2.24) is 4.98 Å². The van der Waals surface area contributed by atoms with Crippen LogP contribution in [0.3, 0.4) is 0 Å². The summed E-state index contributed by atoms with van der Waals surface area (Å²) in [6.07, 6.45) is 1.91. The lowest BCUT2D eigenvalue weighted by molar-refractivity contribution is 0.307. The zero-order chi connectivity index (χ0) is 13.2. The lowest BCUT2D eigenvalue weighted by Gasteiger charge is -2.05. The number of H-pyrrole nitrogens is 1. The number of aromatic hydroxyl groups is 1. The molecular weight excluding hydrogens is 238 g/mol. The maximum atomic E-state index is 9.53. The van der Waals surface area contributed by atoms with Crippen molar-refractivity contribution in [3.8, 4) is 11.5 Å². The normalized spacial score (nSPS) is 10.8. The third-order valence-corrected chi connectivity index (χ3v) is 3.17. The largest absolute Gasteiger partial charge is 0.508 e. The van der Waals surface area contributed by atoms with Crippen molar-refractivity contribution in [2.45, 2.75) is 13.5 Å². The third-order valence-electron chi connectivity index (χ3n) is 3.17. The zero-order valence-corrected chi connectivity index (χ0v) is 10.7. The topological polar surface area (TPSA) is 45.2 Å². The molecule has 0 atom stereocenters. The minimum Gasteiger partial charge on any atom is -0.508 e. The average Bonchev–Trinajstić information content (AvgIpc) is 2.80. The maximum absolute atomic E-state index is 9.53. The van der Waals surface area contributed by atoms with Gasteiger partial charge in [0, 0.05) is 22.7 Å². The molecule has 96 valence electrons. The smallest absolute Gasteiger partial charge is 0.119 e. The molecule has 2 aromatic carbocycles. The second kappa shape index (κ2) is 4.69. The summed E-state index contributed by atoms with van der Waals surface area (Å²) in [4.78, 5) is 3.17. The summed E-state index contributed by atoms with van der Waals surface area (Å²) in [5, 5.41) is 10.5. The van der Waals surface area contributed by atoms with Crippen molar-refractivity contribution in [3.63, 3.8) is 0 Å². The highest BCUT2D eigenvalue weighted by Gasteiger charge is 2.05. The number of hydrogen-bond acceptors (Lipinski definition) is 2. The van der Waals surface area contributed by atoms with Gasteiger partial charge in [0.1, 0.15) is 18.1 Å². The SMILES string of the molecule is Cc1ccc(OCc2c[nH]c3ccc(O)cc23)cc1. The first-order valence-corrected chi connectivity index (χ1v) is 6.21. The van der Waals surface area contributed by atoms with Gasteiger partial charge in [-0.2, -0.15) is 0 Å². The molecule has 3 aromatic rings. The van der Waals surface area contributed by atoms with Crippen LogP contribution in [-0.4, -0.2) is 10.1 Å². The van der Waals surface area contributed by atoms with Gasteiger partial charge in [-0.25, -0.2) is 0 Å². The Labute approximate surface area is 111 Å². The molecule has 0 aliphatic heterocycles. The van der Waals surface area contributed by atoms with Crippen molar-refractivity contribution < 1.29 is 9.84 Å². The van der Waals surface area contributed by atoms with Crippen LogP contribution >= 0.6 is 0 Å². The Morgan fingerprint density at radius 1 is 1.11 bits per heavy atom. The van der Waals surface area contributed by atoms with Gasteiger partial charge < -0.3 is 14.8 Å². The predicted molar refractivity (Wildman–Crippen MR) is 75.5 cm³/mol. The molecule has 2 N–H and O–H groups in total. The number of hydrogen-bond donors (Lipinski definition) is 2. The van der Waals surface area contributed by atoms with Gasteiger partial charge in [-0.1, -0.05) is 17.7 Å². The van der Waals surface area contributed by atoms with Gasteiger partial charge in [0.25, 0.3) is 0 Å². The minimum absolute atomic E-state index is 0.267. The number of aromatic amines is 1. The van der Waals surface area contributed by atoms with Crippen LogP contribution in [0.15, 0.2) is 48.7 Å². The minimum atomic E-state index is 0.267. The van der Waals surface area contributed by atoms with Crippen LogP contribution in [0.2, 0.25) is 0 Å². The fourth-order valence-corrected chi connectivity index (χ4v) is 2.08. The van der Waals surface area contributed by atoms with Crippen LogP contribution in [0.5, 0.6) is 11.5 Å². The van der Waals surface area contributed by atoms with E-state index < -0.39 is 0 Å². The van der Waals surface area contributed by atoms with Crippen molar-refractivity contribution in [2.75, 3.05) is 0 Å². The first-order valence-electron chi connectivity index (χ1n) is 6.21. The molecule has 0 saturated carbocycles. The van der Waals surface area contributed by atoms with Gasteiger partial charge in [0.15, 0.2) is 0 Å². The fraction of sp³-hybridized carbons (Fsp3) is 0.125. The molecule has 0 unspecified atom stereocenters. The first-order chi connectivity index (χ1) is 9.22. The molecule has 0 radical (unpaired) electrons. The highest BCUT2D eigenvalue weighted by atomic mass is 16.5. The van der Waals surface area contributed by atoms with E-state index in [1.54, 1.807) is 12.1 Å². The van der Waals surface area contributed by atoms with Crippen LogP contribution in [0.25, 0.3) is 10.9 Å². The Morgan fingerprint density at radius 2 is 1.89 bits per heavy atom. The lowest BCUT2D eigenvalue weighted by atomic mass is 10.2. The highest BCUT2D eigenvalue weighted by molar-refractivity contribution is 5.84. The van der Waals surface area contributed by atoms with E-state index in [1.807, 2.05) is 43.5 Å². The van der Waals surface area contributed by atoms with E-state index in [9.17, 15) is 5.11 Å². The molecule has 0 fully saturated rings. The van der Waals surface area contributed by atoms with Crippen LogP contribution in [0.4, 0.5) is 0 Å². The summed E-state index contributed by atoms with van der Waals surface area (Å²) < 4.78 is 5.75. The standard InChI is InChI=1S/C16H15NO2/c1-11-2-5-14(6-3-11)19-10-12-9-17-16-7-4-13(18)8-15(12)16/h2-9,17-18H,10H2,1H3. The summed E-state index contributed by atoms with van der Waals surface area (Å²) in [6, 6.07) is 13.2. The number of aromatic nitrogens is 1. The zero-order valence-electron chi connectivity index (χ0n) is 10.7. The number of rotatable bonds is 3. The molecule has 0 bridgehead atoms. The summed E-state index contributed by atoms with van der Waals surface area (Å²) >= 11 is 0. The Morgan fingerprint density at radius 3 is 2.68 bits per heavy atom. The van der Waals surface area contributed by atoms with Crippen molar-refractivity contribution in [3.05, 3.63) is 59.8 Å². The quantitative estimate of drug-likeness (QED) is 0.746. The summed E-state index contributed by atoms with van der Waals surface area (Å²) in [7, 11) is 0. The maximum Gasteiger partial charge on any atom is 0.119 e. The summed E-state index contributed by atoms with van der Waals surface area (Å²) in [6.45, 7) is 2.53. The molecular formula is C16H15NO2. The van der Waals surface area contributed by atoms with Crippen molar-refractivity contribution in [2.24, 2.45) is 0 Å². The van der Waals surface area contributed by atoms with E-state index in [0.717, 1.165) is 22.2 Å². The molecule has 1 heterocycles. The fourth-order valence-electron chi connectivity index (χ4n) is 2.08. The van der Waals surface area contributed by atoms with Gasteiger partial charge in [0.2, 0.25) is 0 Å². The van der Waals surface area contributed by atoms with Crippen LogP contribution < -0.4 is 4.74 Å². The molecule has 3 heteroatoms. The second-order valence-electron chi connectivity index (χ2n) is 4.65. The van der Waals surface area contributed by atoms with Crippen molar-refractivity contribution in [1.29, 1.82) is 0 Å². The Kier molecular flexibility index (Phi) is 2.88. The first kappa shape index (κ1) is 11.7. The summed E-state index contributed by atoms with van der Waals surface area (Å²) in [5.41, 5.74) is 3.25. The van der Waals surface area contributed by atoms with Crippen LogP contribution in [0.1, 0.15) is 11.1 Å². The molecule has 0 aliphatic carbocycles. The monoisotopic (exact) mass is 253 g/mol. The van der Waals surface area contributed by atoms with E-state index in [4.69, 9.17) is 4.74 Å². The number of nitrogens with one attached hydrogen (secondary N) is 1. The van der Waals surface area contributed by atoms with Crippen molar-refractivity contribution >= 4 is 10.9 Å². The molecule has 0 spiro atoms. The highest BCUT2D eigenvalue weighted by Crippen LogP contribution is 2.24. The van der Waals surface area contributed by atoms with Gasteiger partial charge in [-0.05, 0) is 37.3 Å². The van der Waals surface area contributed by atoms with Crippen LogP contribution in [-0.2, 0) is 6.61 Å². The predicted octanol–water partition coefficient (Wildman–Crippen LogP) is 3.76. The number of phenols is 1. The molecule has 0 amide bonds. The molecule has 0 saturated heterocycles. The lowest BCUT2D eigenvalue weighted by Crippen LogP contribution is -1.94. The third kappa shape index (κ3) is 2.40. The average molecular weight is 253 g/mol. The van der Waals surface area contributed by atoms with E-state index in [2.05, 4.69) is 4.98 Å². The van der Waals surface area contributed by atoms with Crippen LogP contribution in [0, 0.1) is 6.92 Å². The number of ether oxygens (including phenoxy) is 1. The van der Waals surface area contributed by atoms with E-state index >= 15 is 0 Å². The van der Waals surface area contributed by atoms with Gasteiger partial charge in [-0.3, -0.25) is 0 Å². The van der Waals surface area contributed by atoms with E-state index in [1.165, 1.54) is 5.56 Å².